The quantitative estimate of drug-likeness (QED) is 0.929. The lowest BCUT2D eigenvalue weighted by Gasteiger charge is -2.20. The van der Waals surface area contributed by atoms with E-state index >= 15 is 0 Å². The average molecular weight is 284 g/mol. The van der Waals surface area contributed by atoms with Gasteiger partial charge in [-0.3, -0.25) is 4.98 Å². The van der Waals surface area contributed by atoms with Crippen molar-refractivity contribution >= 4 is 11.8 Å². The van der Waals surface area contributed by atoms with Crippen LogP contribution < -0.4 is 10.2 Å². The fourth-order valence-corrected chi connectivity index (χ4v) is 2.49. The molecule has 1 aliphatic heterocycles. The van der Waals surface area contributed by atoms with Crippen molar-refractivity contribution in [3.63, 3.8) is 0 Å². The second-order valence-electron chi connectivity index (χ2n) is 5.21. The van der Waals surface area contributed by atoms with Crippen molar-refractivity contribution in [2.45, 2.75) is 32.2 Å². The molecule has 0 bridgehead atoms. The molecule has 0 spiro atoms. The van der Waals surface area contributed by atoms with Gasteiger partial charge in [0.2, 0.25) is 5.95 Å². The lowest BCUT2D eigenvalue weighted by molar-refractivity contribution is 0.726. The van der Waals surface area contributed by atoms with Crippen LogP contribution in [0.3, 0.4) is 0 Å². The number of nitrogens with zero attached hydrogens (tertiary/aromatic N) is 5. The minimum Gasteiger partial charge on any atom is -0.355 e. The average Bonchev–Trinajstić information content (AvgIpc) is 2.83. The molecule has 0 radical (unpaired) electrons. The van der Waals surface area contributed by atoms with E-state index in [1.54, 1.807) is 12.4 Å². The molecule has 6 heteroatoms. The molecule has 0 atom stereocenters. The predicted molar refractivity (Wildman–Crippen MR) is 82.1 cm³/mol. The van der Waals surface area contributed by atoms with Gasteiger partial charge in [-0.2, -0.15) is 10.1 Å². The molecular weight excluding hydrogens is 264 g/mol. The van der Waals surface area contributed by atoms with Gasteiger partial charge in [-0.05, 0) is 25.0 Å². The molecule has 0 aromatic carbocycles. The Kier molecular flexibility index (Phi) is 4.55. The van der Waals surface area contributed by atoms with Gasteiger partial charge in [0.15, 0.2) is 5.82 Å². The minimum absolute atomic E-state index is 0.558. The molecule has 0 aliphatic carbocycles. The largest absolute Gasteiger partial charge is 0.355 e. The Morgan fingerprint density at radius 2 is 1.95 bits per heavy atom. The SMILES string of the molecule is c1ccc(CNc2nncc(N3CCCCCC3)n2)nc1. The van der Waals surface area contributed by atoms with Crippen LogP contribution in [0.1, 0.15) is 31.4 Å². The summed E-state index contributed by atoms with van der Waals surface area (Å²) in [6.07, 6.45) is 8.59. The van der Waals surface area contributed by atoms with E-state index in [0.717, 1.165) is 24.6 Å². The molecular formula is C15H20N6. The molecule has 0 amide bonds. The van der Waals surface area contributed by atoms with E-state index in [0.29, 0.717) is 12.5 Å². The van der Waals surface area contributed by atoms with Crippen LogP contribution in [-0.4, -0.2) is 33.3 Å². The van der Waals surface area contributed by atoms with Crippen LogP contribution in [0.5, 0.6) is 0 Å². The zero-order valence-electron chi connectivity index (χ0n) is 12.1. The third-order valence-electron chi connectivity index (χ3n) is 3.63. The summed E-state index contributed by atoms with van der Waals surface area (Å²) < 4.78 is 0. The Labute approximate surface area is 124 Å². The van der Waals surface area contributed by atoms with E-state index in [2.05, 4.69) is 30.4 Å². The Morgan fingerprint density at radius 1 is 1.10 bits per heavy atom. The number of aromatic nitrogens is 4. The van der Waals surface area contributed by atoms with Gasteiger partial charge in [-0.15, -0.1) is 5.10 Å². The standard InChI is InChI=1S/C15H20N6/c1-2-6-10-21(9-5-1)14-12-18-20-15(19-14)17-11-13-7-3-4-8-16-13/h3-4,7-8,12H,1-2,5-6,9-11H2,(H,17,19,20). The van der Waals surface area contributed by atoms with Gasteiger partial charge in [-0.1, -0.05) is 18.9 Å². The minimum atomic E-state index is 0.558. The molecule has 3 heterocycles. The van der Waals surface area contributed by atoms with Gasteiger partial charge in [0.25, 0.3) is 0 Å². The van der Waals surface area contributed by atoms with E-state index in [1.165, 1.54) is 25.7 Å². The summed E-state index contributed by atoms with van der Waals surface area (Å²) in [5.74, 6) is 1.47. The second kappa shape index (κ2) is 6.97. The van der Waals surface area contributed by atoms with E-state index in [9.17, 15) is 0 Å². The van der Waals surface area contributed by atoms with E-state index in [-0.39, 0.29) is 0 Å². The Bertz CT molecular complexity index is 551. The third-order valence-corrected chi connectivity index (χ3v) is 3.63. The van der Waals surface area contributed by atoms with Crippen molar-refractivity contribution in [3.8, 4) is 0 Å². The third kappa shape index (κ3) is 3.87. The highest BCUT2D eigenvalue weighted by Crippen LogP contribution is 2.17. The lowest BCUT2D eigenvalue weighted by atomic mass is 10.2. The van der Waals surface area contributed by atoms with Gasteiger partial charge >= 0.3 is 0 Å². The van der Waals surface area contributed by atoms with Crippen molar-refractivity contribution < 1.29 is 0 Å². The van der Waals surface area contributed by atoms with Crippen LogP contribution in [-0.2, 0) is 6.54 Å². The molecule has 1 fully saturated rings. The summed E-state index contributed by atoms with van der Waals surface area (Å²) in [6, 6.07) is 5.84. The highest BCUT2D eigenvalue weighted by Gasteiger charge is 2.12. The molecule has 0 saturated carbocycles. The molecule has 0 unspecified atom stereocenters. The summed E-state index contributed by atoms with van der Waals surface area (Å²) in [5.41, 5.74) is 0.960. The highest BCUT2D eigenvalue weighted by molar-refractivity contribution is 5.40. The molecule has 1 aliphatic rings. The van der Waals surface area contributed by atoms with Crippen molar-refractivity contribution in [2.24, 2.45) is 0 Å². The molecule has 3 rings (SSSR count). The Morgan fingerprint density at radius 3 is 2.71 bits per heavy atom. The smallest absolute Gasteiger partial charge is 0.245 e. The summed E-state index contributed by atoms with van der Waals surface area (Å²) >= 11 is 0. The zero-order chi connectivity index (χ0) is 14.3. The first kappa shape index (κ1) is 13.7. The van der Waals surface area contributed by atoms with E-state index in [4.69, 9.17) is 0 Å². The Hall–Kier alpha value is -2.24. The van der Waals surface area contributed by atoms with E-state index in [1.807, 2.05) is 18.2 Å². The monoisotopic (exact) mass is 284 g/mol. The van der Waals surface area contributed by atoms with Crippen molar-refractivity contribution in [1.82, 2.24) is 20.2 Å². The fourth-order valence-electron chi connectivity index (χ4n) is 2.49. The summed E-state index contributed by atoms with van der Waals surface area (Å²) in [7, 11) is 0. The van der Waals surface area contributed by atoms with Gasteiger partial charge in [0, 0.05) is 19.3 Å². The maximum Gasteiger partial charge on any atom is 0.245 e. The maximum absolute atomic E-state index is 4.57. The van der Waals surface area contributed by atoms with Crippen LogP contribution in [0.2, 0.25) is 0 Å². The molecule has 2 aromatic rings. The normalized spacial score (nSPS) is 15.5. The van der Waals surface area contributed by atoms with Crippen LogP contribution >= 0.6 is 0 Å². The molecule has 2 aromatic heterocycles. The zero-order valence-corrected chi connectivity index (χ0v) is 12.1. The number of nitrogens with one attached hydrogen (secondary N) is 1. The number of hydrogen-bond donors (Lipinski definition) is 1. The topological polar surface area (TPSA) is 66.8 Å². The number of anilines is 2. The van der Waals surface area contributed by atoms with Crippen LogP contribution in [0.4, 0.5) is 11.8 Å². The molecule has 110 valence electrons. The van der Waals surface area contributed by atoms with Crippen molar-refractivity contribution in [2.75, 3.05) is 23.3 Å². The Balaban J connectivity index is 1.65. The molecule has 21 heavy (non-hydrogen) atoms. The molecule has 6 nitrogen and oxygen atoms in total. The number of hydrogen-bond acceptors (Lipinski definition) is 6. The first-order valence-corrected chi connectivity index (χ1v) is 7.50. The van der Waals surface area contributed by atoms with Crippen LogP contribution in [0.25, 0.3) is 0 Å². The first-order valence-electron chi connectivity index (χ1n) is 7.50. The summed E-state index contributed by atoms with van der Waals surface area (Å²) in [5, 5.41) is 11.3. The number of rotatable bonds is 4. The van der Waals surface area contributed by atoms with Gasteiger partial charge in [0.1, 0.15) is 0 Å². The fraction of sp³-hybridized carbons (Fsp3) is 0.467. The van der Waals surface area contributed by atoms with E-state index < -0.39 is 0 Å². The van der Waals surface area contributed by atoms with Gasteiger partial charge < -0.3 is 10.2 Å². The second-order valence-corrected chi connectivity index (χ2v) is 5.21. The van der Waals surface area contributed by atoms with Crippen molar-refractivity contribution in [1.29, 1.82) is 0 Å². The first-order chi connectivity index (χ1) is 10.4. The van der Waals surface area contributed by atoms with Crippen LogP contribution in [0.15, 0.2) is 30.6 Å². The summed E-state index contributed by atoms with van der Waals surface area (Å²) in [4.78, 5) is 11.1. The van der Waals surface area contributed by atoms with Gasteiger partial charge in [-0.25, -0.2) is 0 Å². The highest BCUT2D eigenvalue weighted by atomic mass is 15.3. The lowest BCUT2D eigenvalue weighted by Crippen LogP contribution is -2.25. The molecule has 1 N–H and O–H groups in total. The maximum atomic E-state index is 4.57. The van der Waals surface area contributed by atoms with Gasteiger partial charge in [0.05, 0.1) is 18.4 Å². The van der Waals surface area contributed by atoms with Crippen molar-refractivity contribution in [3.05, 3.63) is 36.3 Å². The number of pyridine rings is 1. The van der Waals surface area contributed by atoms with Crippen LogP contribution in [0, 0.1) is 0 Å². The predicted octanol–water partition coefficient (Wildman–Crippen LogP) is 2.26. The molecule has 1 saturated heterocycles. The summed E-state index contributed by atoms with van der Waals surface area (Å²) in [6.45, 7) is 2.71.